The molecule has 1 rings (SSSR count). The first-order chi connectivity index (χ1) is 6.32. The summed E-state index contributed by atoms with van der Waals surface area (Å²) in [7, 11) is 0. The molecule has 0 saturated carbocycles. The van der Waals surface area contributed by atoms with Crippen LogP contribution in [0.5, 0.6) is 0 Å². The van der Waals surface area contributed by atoms with Gasteiger partial charge in [-0.3, -0.25) is 4.68 Å². The molecule has 0 fully saturated rings. The summed E-state index contributed by atoms with van der Waals surface area (Å²) >= 11 is 0. The minimum absolute atomic E-state index is 0.0221. The van der Waals surface area contributed by atoms with Crippen LogP contribution in [0.4, 0.5) is 13.2 Å². The first kappa shape index (κ1) is 11.1. The van der Waals surface area contributed by atoms with E-state index < -0.39 is 11.9 Å². The number of rotatable bonds is 2. The van der Waals surface area contributed by atoms with Crippen molar-refractivity contribution in [2.75, 3.05) is 0 Å². The fraction of sp³-hybridized carbons (Fsp3) is 0.667. The van der Waals surface area contributed by atoms with Gasteiger partial charge in [0.2, 0.25) is 0 Å². The minimum atomic E-state index is -4.35. The summed E-state index contributed by atoms with van der Waals surface area (Å²) in [6, 6.07) is 0.977. The summed E-state index contributed by atoms with van der Waals surface area (Å²) in [5.74, 6) is 0.260. The van der Waals surface area contributed by atoms with Gasteiger partial charge in [0, 0.05) is 6.20 Å². The van der Waals surface area contributed by atoms with E-state index in [1.807, 2.05) is 20.8 Å². The molecule has 0 aliphatic rings. The number of alkyl halides is 3. The van der Waals surface area contributed by atoms with Gasteiger partial charge in [0.05, 0.1) is 6.04 Å². The number of nitrogens with zero attached hydrogens (tertiary/aromatic N) is 2. The highest BCUT2D eigenvalue weighted by Crippen LogP contribution is 2.28. The summed E-state index contributed by atoms with van der Waals surface area (Å²) in [5.41, 5.74) is -0.829. The van der Waals surface area contributed by atoms with Crippen molar-refractivity contribution in [3.05, 3.63) is 18.0 Å². The highest BCUT2D eigenvalue weighted by molar-refractivity contribution is 5.03. The van der Waals surface area contributed by atoms with Crippen molar-refractivity contribution in [3.8, 4) is 0 Å². The molecule has 1 atom stereocenters. The Hall–Kier alpha value is -1.00. The Balaban J connectivity index is 2.89. The van der Waals surface area contributed by atoms with E-state index in [9.17, 15) is 13.2 Å². The molecule has 0 bridgehead atoms. The number of aromatic nitrogens is 2. The Morgan fingerprint density at radius 2 is 1.86 bits per heavy atom. The summed E-state index contributed by atoms with van der Waals surface area (Å²) in [6.45, 7) is 5.73. The Morgan fingerprint density at radius 3 is 2.21 bits per heavy atom. The van der Waals surface area contributed by atoms with E-state index in [1.54, 1.807) is 0 Å². The van der Waals surface area contributed by atoms with Gasteiger partial charge in [-0.2, -0.15) is 18.3 Å². The highest BCUT2D eigenvalue weighted by Gasteiger charge is 2.33. The van der Waals surface area contributed by atoms with Crippen molar-refractivity contribution in [3.63, 3.8) is 0 Å². The molecule has 2 nitrogen and oxygen atoms in total. The zero-order valence-corrected chi connectivity index (χ0v) is 8.34. The summed E-state index contributed by atoms with van der Waals surface area (Å²) in [4.78, 5) is 0. The van der Waals surface area contributed by atoms with Gasteiger partial charge in [-0.05, 0) is 18.9 Å². The number of hydrogen-bond acceptors (Lipinski definition) is 1. The minimum Gasteiger partial charge on any atom is -0.269 e. The van der Waals surface area contributed by atoms with Crippen LogP contribution in [0.1, 0.15) is 32.5 Å². The largest absolute Gasteiger partial charge is 0.435 e. The predicted octanol–water partition coefficient (Wildman–Crippen LogP) is 3.12. The average Bonchev–Trinajstić information content (AvgIpc) is 2.49. The molecule has 0 spiro atoms. The smallest absolute Gasteiger partial charge is 0.269 e. The second-order valence-electron chi connectivity index (χ2n) is 3.66. The zero-order chi connectivity index (χ0) is 10.9. The Labute approximate surface area is 80.7 Å². The van der Waals surface area contributed by atoms with E-state index in [1.165, 1.54) is 10.9 Å². The Kier molecular flexibility index (Phi) is 2.87. The van der Waals surface area contributed by atoms with Crippen molar-refractivity contribution < 1.29 is 13.2 Å². The van der Waals surface area contributed by atoms with E-state index in [4.69, 9.17) is 0 Å². The van der Waals surface area contributed by atoms with Gasteiger partial charge >= 0.3 is 6.18 Å². The lowest BCUT2D eigenvalue weighted by Crippen LogP contribution is -2.14. The number of hydrogen-bond donors (Lipinski definition) is 0. The van der Waals surface area contributed by atoms with Gasteiger partial charge in [-0.15, -0.1) is 0 Å². The fourth-order valence-electron chi connectivity index (χ4n) is 1.02. The maximum Gasteiger partial charge on any atom is 0.435 e. The fourth-order valence-corrected chi connectivity index (χ4v) is 1.02. The normalized spacial score (nSPS) is 14.8. The molecule has 0 radical (unpaired) electrons. The molecule has 0 amide bonds. The molecular weight excluding hydrogens is 193 g/mol. The molecule has 0 N–H and O–H groups in total. The molecule has 80 valence electrons. The molecule has 1 aromatic rings. The molecule has 14 heavy (non-hydrogen) atoms. The molecule has 0 saturated heterocycles. The van der Waals surface area contributed by atoms with Gasteiger partial charge < -0.3 is 0 Å². The maximum absolute atomic E-state index is 12.2. The van der Waals surface area contributed by atoms with Crippen molar-refractivity contribution in [1.29, 1.82) is 0 Å². The lowest BCUT2D eigenvalue weighted by atomic mass is 10.1. The van der Waals surface area contributed by atoms with Crippen LogP contribution < -0.4 is 0 Å². The van der Waals surface area contributed by atoms with Crippen LogP contribution in [0.2, 0.25) is 0 Å². The van der Waals surface area contributed by atoms with Crippen LogP contribution in [-0.4, -0.2) is 9.78 Å². The van der Waals surface area contributed by atoms with Crippen LogP contribution in [-0.2, 0) is 6.18 Å². The summed E-state index contributed by atoms with van der Waals surface area (Å²) in [5, 5.41) is 3.49. The third-order valence-electron chi connectivity index (χ3n) is 2.28. The lowest BCUT2D eigenvalue weighted by molar-refractivity contribution is -0.141. The average molecular weight is 206 g/mol. The van der Waals surface area contributed by atoms with E-state index in [2.05, 4.69) is 5.10 Å². The first-order valence-corrected chi connectivity index (χ1v) is 4.44. The Morgan fingerprint density at radius 1 is 1.29 bits per heavy atom. The van der Waals surface area contributed by atoms with Gasteiger partial charge in [-0.1, -0.05) is 13.8 Å². The molecule has 1 unspecified atom stereocenters. The van der Waals surface area contributed by atoms with E-state index >= 15 is 0 Å². The number of halogens is 3. The van der Waals surface area contributed by atoms with Crippen LogP contribution in [0, 0.1) is 5.92 Å². The lowest BCUT2D eigenvalue weighted by Gasteiger charge is -2.15. The van der Waals surface area contributed by atoms with Crippen LogP contribution >= 0.6 is 0 Å². The second-order valence-corrected chi connectivity index (χ2v) is 3.66. The molecule has 0 aliphatic carbocycles. The molecule has 0 aromatic carbocycles. The van der Waals surface area contributed by atoms with Crippen molar-refractivity contribution >= 4 is 0 Å². The zero-order valence-electron chi connectivity index (χ0n) is 8.34. The standard InChI is InChI=1S/C9H13F3N2/c1-6(2)7(3)14-5-4-8(13-14)9(10,11)12/h4-7H,1-3H3. The van der Waals surface area contributed by atoms with Crippen LogP contribution in [0.15, 0.2) is 12.3 Å². The quantitative estimate of drug-likeness (QED) is 0.726. The van der Waals surface area contributed by atoms with E-state index in [-0.39, 0.29) is 12.0 Å². The monoisotopic (exact) mass is 206 g/mol. The highest BCUT2D eigenvalue weighted by atomic mass is 19.4. The van der Waals surface area contributed by atoms with Crippen molar-refractivity contribution in [2.24, 2.45) is 5.92 Å². The van der Waals surface area contributed by atoms with Crippen molar-refractivity contribution in [1.82, 2.24) is 9.78 Å². The topological polar surface area (TPSA) is 17.8 Å². The van der Waals surface area contributed by atoms with Gasteiger partial charge in [0.1, 0.15) is 0 Å². The summed E-state index contributed by atoms with van der Waals surface area (Å²) < 4.78 is 37.9. The first-order valence-electron chi connectivity index (χ1n) is 4.44. The third kappa shape index (κ3) is 2.27. The van der Waals surface area contributed by atoms with E-state index in [0.29, 0.717) is 0 Å². The molecule has 1 aromatic heterocycles. The molecule has 5 heteroatoms. The van der Waals surface area contributed by atoms with Gasteiger partial charge in [0.15, 0.2) is 5.69 Å². The van der Waals surface area contributed by atoms with Gasteiger partial charge in [0.25, 0.3) is 0 Å². The summed E-state index contributed by atoms with van der Waals surface area (Å²) in [6.07, 6.45) is -2.98. The molecule has 0 aliphatic heterocycles. The van der Waals surface area contributed by atoms with E-state index in [0.717, 1.165) is 6.07 Å². The maximum atomic E-state index is 12.2. The molecule has 1 heterocycles. The predicted molar refractivity (Wildman–Crippen MR) is 46.8 cm³/mol. The molecular formula is C9H13F3N2. The third-order valence-corrected chi connectivity index (χ3v) is 2.28. The van der Waals surface area contributed by atoms with Crippen LogP contribution in [0.25, 0.3) is 0 Å². The SMILES string of the molecule is CC(C)C(C)n1ccc(C(F)(F)F)n1. The second kappa shape index (κ2) is 3.63. The Bertz CT molecular complexity index is 301. The van der Waals surface area contributed by atoms with Crippen molar-refractivity contribution in [2.45, 2.75) is 33.0 Å². The van der Waals surface area contributed by atoms with Crippen LogP contribution in [0.3, 0.4) is 0 Å². The van der Waals surface area contributed by atoms with Gasteiger partial charge in [-0.25, -0.2) is 0 Å².